The van der Waals surface area contributed by atoms with E-state index in [2.05, 4.69) is 0 Å². The zero-order chi connectivity index (χ0) is 9.78. The van der Waals surface area contributed by atoms with Crippen molar-refractivity contribution in [3.8, 4) is 0 Å². The van der Waals surface area contributed by atoms with Crippen LogP contribution in [0.3, 0.4) is 0 Å². The Labute approximate surface area is 65.5 Å². The van der Waals surface area contributed by atoms with Crippen LogP contribution in [0.25, 0.3) is 0 Å². The number of allylic oxidation sites excluding steroid dienone is 1. The van der Waals surface area contributed by atoms with Gasteiger partial charge in [-0.25, -0.2) is 0 Å². The van der Waals surface area contributed by atoms with Crippen LogP contribution in [0.5, 0.6) is 0 Å². The first-order chi connectivity index (χ1) is 5.41. The summed E-state index contributed by atoms with van der Waals surface area (Å²) in [4.78, 5) is 0. The van der Waals surface area contributed by atoms with E-state index in [0.29, 0.717) is 0 Å². The first kappa shape index (κ1) is 11.4. The first-order valence-electron chi connectivity index (χ1n) is 3.11. The smallest absolute Gasteiger partial charge is 0.307 e. The third-order valence-electron chi connectivity index (χ3n) is 1.14. The molecule has 0 saturated heterocycles. The summed E-state index contributed by atoms with van der Waals surface area (Å²) in [6, 6.07) is 0. The lowest BCUT2D eigenvalue weighted by Gasteiger charge is -2.11. The fraction of sp³-hybridized carbons (Fsp3) is 0.667. The summed E-state index contributed by atoms with van der Waals surface area (Å²) in [5.41, 5.74) is 0. The van der Waals surface area contributed by atoms with E-state index >= 15 is 0 Å². The van der Waals surface area contributed by atoms with Crippen LogP contribution in [-0.2, 0) is 0 Å². The summed E-state index contributed by atoms with van der Waals surface area (Å²) in [5, 5.41) is 8.09. The maximum absolute atomic E-state index is 12.2. The molecule has 0 aliphatic carbocycles. The molecule has 0 radical (unpaired) electrons. The third-order valence-corrected chi connectivity index (χ3v) is 1.14. The molecule has 1 N–H and O–H groups in total. The monoisotopic (exact) mass is 190 g/mol. The van der Waals surface area contributed by atoms with Gasteiger partial charge in [0.15, 0.2) is 0 Å². The molecule has 0 aromatic carbocycles. The minimum absolute atomic E-state index is 0.423. The van der Waals surface area contributed by atoms with Gasteiger partial charge in [0.2, 0.25) is 5.83 Å². The Morgan fingerprint density at radius 1 is 1.17 bits per heavy atom. The highest BCUT2D eigenvalue weighted by molar-refractivity contribution is 5.04. The van der Waals surface area contributed by atoms with Gasteiger partial charge >= 0.3 is 12.0 Å². The second-order valence-electron chi connectivity index (χ2n) is 2.11. The molecule has 72 valence electrons. The molecule has 12 heavy (non-hydrogen) atoms. The van der Waals surface area contributed by atoms with Crippen molar-refractivity contribution < 1.29 is 27.1 Å². The van der Waals surface area contributed by atoms with Crippen molar-refractivity contribution in [3.05, 3.63) is 11.9 Å². The molecule has 0 fully saturated rings. The molecule has 0 saturated carbocycles. The van der Waals surface area contributed by atoms with Gasteiger partial charge in [0, 0.05) is 13.0 Å². The molecule has 0 aliphatic heterocycles. The number of alkyl halides is 2. The summed E-state index contributed by atoms with van der Waals surface area (Å²) in [6.07, 6.45) is -4.56. The Morgan fingerprint density at radius 2 is 1.67 bits per heavy atom. The van der Waals surface area contributed by atoms with E-state index in [9.17, 15) is 22.0 Å². The van der Waals surface area contributed by atoms with Gasteiger partial charge in [-0.3, -0.25) is 0 Å². The Bertz CT molecular complexity index is 173. The molecule has 1 nitrogen and oxygen atoms in total. The molecule has 0 rings (SSSR count). The molecule has 0 spiro atoms. The Hall–Kier alpha value is -0.650. The molecule has 6 heteroatoms. The number of rotatable bonds is 4. The minimum Gasteiger partial charge on any atom is -0.396 e. The summed E-state index contributed by atoms with van der Waals surface area (Å²) < 4.78 is 59.0. The van der Waals surface area contributed by atoms with E-state index in [1.54, 1.807) is 0 Å². The van der Waals surface area contributed by atoms with E-state index in [4.69, 9.17) is 5.11 Å². The molecule has 0 heterocycles. The highest BCUT2D eigenvalue weighted by Gasteiger charge is 2.38. The molecule has 0 aromatic rings. The van der Waals surface area contributed by atoms with Gasteiger partial charge < -0.3 is 5.11 Å². The van der Waals surface area contributed by atoms with Crippen LogP contribution in [0.15, 0.2) is 11.9 Å². The maximum atomic E-state index is 12.2. The van der Waals surface area contributed by atoms with E-state index in [1.165, 1.54) is 0 Å². The lowest BCUT2D eigenvalue weighted by molar-refractivity contribution is -0.00300. The van der Waals surface area contributed by atoms with Gasteiger partial charge in [0.05, 0.1) is 0 Å². The predicted octanol–water partition coefficient (Wildman–Crippen LogP) is 2.47. The maximum Gasteiger partial charge on any atom is 0.307 e. The number of hydrogen-bond acceptors (Lipinski definition) is 1. The summed E-state index contributed by atoms with van der Waals surface area (Å²) in [7, 11) is 0. The number of halogens is 5. The number of aliphatic hydroxyl groups excluding tert-OH is 1. The molecule has 0 aliphatic rings. The minimum atomic E-state index is -4.17. The normalized spacial score (nSPS) is 11.5. The summed E-state index contributed by atoms with van der Waals surface area (Å²) in [5.74, 6) is -6.88. The average molecular weight is 190 g/mol. The second kappa shape index (κ2) is 4.39. The lowest BCUT2D eigenvalue weighted by Crippen LogP contribution is -2.18. The van der Waals surface area contributed by atoms with Crippen LogP contribution >= 0.6 is 0 Å². The highest BCUT2D eigenvalue weighted by atomic mass is 19.3. The van der Waals surface area contributed by atoms with E-state index in [1.807, 2.05) is 0 Å². The lowest BCUT2D eigenvalue weighted by atomic mass is 10.2. The van der Waals surface area contributed by atoms with Crippen molar-refractivity contribution in [1.29, 1.82) is 0 Å². The largest absolute Gasteiger partial charge is 0.396 e. The van der Waals surface area contributed by atoms with E-state index in [0.717, 1.165) is 0 Å². The zero-order valence-electron chi connectivity index (χ0n) is 5.96. The fourth-order valence-electron chi connectivity index (χ4n) is 0.549. The SMILES string of the molecule is OCCCC(F)(F)C(F)=C(F)F. The Morgan fingerprint density at radius 3 is 2.00 bits per heavy atom. The van der Waals surface area contributed by atoms with Gasteiger partial charge in [-0.05, 0) is 6.42 Å². The molecule has 0 atom stereocenters. The first-order valence-corrected chi connectivity index (χ1v) is 3.11. The molecule has 0 unspecified atom stereocenters. The Balaban J connectivity index is 4.29. The van der Waals surface area contributed by atoms with Crippen molar-refractivity contribution in [2.75, 3.05) is 6.61 Å². The van der Waals surface area contributed by atoms with E-state index in [-0.39, 0.29) is 0 Å². The van der Waals surface area contributed by atoms with E-state index < -0.39 is 37.3 Å². The second-order valence-corrected chi connectivity index (χ2v) is 2.11. The highest BCUT2D eigenvalue weighted by Crippen LogP contribution is 2.33. The third kappa shape index (κ3) is 3.17. The van der Waals surface area contributed by atoms with Crippen molar-refractivity contribution >= 4 is 0 Å². The molecular weight excluding hydrogens is 183 g/mol. The van der Waals surface area contributed by atoms with Crippen molar-refractivity contribution in [3.63, 3.8) is 0 Å². The summed E-state index contributed by atoms with van der Waals surface area (Å²) >= 11 is 0. The molecule has 0 aromatic heterocycles. The Kier molecular flexibility index (Phi) is 4.16. The van der Waals surface area contributed by atoms with Crippen LogP contribution in [0.4, 0.5) is 22.0 Å². The summed E-state index contributed by atoms with van der Waals surface area (Å²) in [6.45, 7) is -0.587. The van der Waals surface area contributed by atoms with Crippen LogP contribution in [0.1, 0.15) is 12.8 Å². The number of aliphatic hydroxyl groups is 1. The quantitative estimate of drug-likeness (QED) is 0.675. The van der Waals surface area contributed by atoms with Crippen LogP contribution < -0.4 is 0 Å². The molecular formula is C6H7F5O. The topological polar surface area (TPSA) is 20.2 Å². The van der Waals surface area contributed by atoms with Gasteiger partial charge in [0.1, 0.15) is 0 Å². The standard InChI is InChI=1S/C6H7F5O/c7-4(5(8)9)6(10,11)2-1-3-12/h12H,1-3H2. The van der Waals surface area contributed by atoms with Crippen molar-refractivity contribution in [2.45, 2.75) is 18.8 Å². The van der Waals surface area contributed by atoms with Crippen LogP contribution in [0.2, 0.25) is 0 Å². The predicted molar refractivity (Wildman–Crippen MR) is 31.6 cm³/mol. The average Bonchev–Trinajstić information content (AvgIpc) is 1.99. The molecule has 0 bridgehead atoms. The fourth-order valence-corrected chi connectivity index (χ4v) is 0.549. The van der Waals surface area contributed by atoms with Crippen molar-refractivity contribution in [2.24, 2.45) is 0 Å². The van der Waals surface area contributed by atoms with Crippen LogP contribution in [0, 0.1) is 0 Å². The number of hydrogen-bond donors (Lipinski definition) is 1. The van der Waals surface area contributed by atoms with Crippen molar-refractivity contribution in [1.82, 2.24) is 0 Å². The van der Waals surface area contributed by atoms with Gasteiger partial charge in [-0.15, -0.1) is 0 Å². The van der Waals surface area contributed by atoms with Gasteiger partial charge in [-0.2, -0.15) is 22.0 Å². The van der Waals surface area contributed by atoms with Crippen LogP contribution in [-0.4, -0.2) is 17.6 Å². The molecule has 0 amide bonds. The van der Waals surface area contributed by atoms with Gasteiger partial charge in [-0.1, -0.05) is 0 Å². The zero-order valence-corrected chi connectivity index (χ0v) is 5.96. The van der Waals surface area contributed by atoms with Gasteiger partial charge in [0.25, 0.3) is 0 Å².